The van der Waals surface area contributed by atoms with E-state index in [4.69, 9.17) is 10.5 Å². The van der Waals surface area contributed by atoms with Gasteiger partial charge in [-0.15, -0.1) is 0 Å². The fourth-order valence-corrected chi connectivity index (χ4v) is 2.57. The van der Waals surface area contributed by atoms with Crippen molar-refractivity contribution in [2.75, 3.05) is 13.2 Å². The van der Waals surface area contributed by atoms with E-state index in [0.29, 0.717) is 17.5 Å². The second kappa shape index (κ2) is 7.25. The third kappa shape index (κ3) is 4.50. The maximum absolute atomic E-state index is 10.5. The summed E-state index contributed by atoms with van der Waals surface area (Å²) in [5.74, 6) is 0.652. The summed E-state index contributed by atoms with van der Waals surface area (Å²) in [4.78, 5) is 14.4. The molecular weight excluding hydrogens is 278 g/mol. The first-order chi connectivity index (χ1) is 9.65. The van der Waals surface area contributed by atoms with Crippen molar-refractivity contribution < 1.29 is 9.66 Å². The Kier molecular flexibility index (Phi) is 5.37. The molecule has 0 spiro atoms. The second-order valence-corrected chi connectivity index (χ2v) is 5.52. The fraction of sp³-hybridized carbons (Fsp3) is 0.462. The average molecular weight is 295 g/mol. The predicted octanol–water partition coefficient (Wildman–Crippen LogP) is 2.32. The molecule has 1 fully saturated rings. The Bertz CT molecular complexity index is 484. The van der Waals surface area contributed by atoms with Crippen molar-refractivity contribution in [1.29, 1.82) is 0 Å². The van der Waals surface area contributed by atoms with Gasteiger partial charge in [0.25, 0.3) is 5.69 Å². The van der Waals surface area contributed by atoms with Gasteiger partial charge < -0.3 is 10.5 Å². The first-order valence-electron chi connectivity index (χ1n) is 6.43. The molecule has 0 aliphatic carbocycles. The van der Waals surface area contributed by atoms with Crippen LogP contribution >= 0.6 is 11.8 Å². The van der Waals surface area contributed by atoms with E-state index in [0.717, 1.165) is 25.0 Å². The van der Waals surface area contributed by atoms with Gasteiger partial charge in [-0.2, -0.15) is 0 Å². The molecule has 0 aromatic heterocycles. The zero-order chi connectivity index (χ0) is 14.4. The lowest BCUT2D eigenvalue weighted by molar-refractivity contribution is -0.384. The van der Waals surface area contributed by atoms with E-state index in [2.05, 4.69) is 4.99 Å². The smallest absolute Gasteiger partial charge is 0.269 e. The molecule has 2 rings (SSSR count). The Balaban J connectivity index is 1.78. The topological polar surface area (TPSA) is 90.8 Å². The number of thioether (sulfide) groups is 1. The minimum atomic E-state index is -0.408. The lowest BCUT2D eigenvalue weighted by atomic mass is 10.2. The Morgan fingerprint density at radius 2 is 2.25 bits per heavy atom. The van der Waals surface area contributed by atoms with Crippen molar-refractivity contribution >= 4 is 22.6 Å². The van der Waals surface area contributed by atoms with Gasteiger partial charge in [-0.1, -0.05) is 23.9 Å². The van der Waals surface area contributed by atoms with E-state index >= 15 is 0 Å². The third-order valence-corrected chi connectivity index (χ3v) is 3.91. The van der Waals surface area contributed by atoms with E-state index in [1.807, 2.05) is 0 Å². The molecule has 0 amide bonds. The summed E-state index contributed by atoms with van der Waals surface area (Å²) in [7, 11) is 0. The minimum Gasteiger partial charge on any atom is -0.379 e. The van der Waals surface area contributed by atoms with Gasteiger partial charge in [0.2, 0.25) is 0 Å². The largest absolute Gasteiger partial charge is 0.379 e. The summed E-state index contributed by atoms with van der Waals surface area (Å²) in [5, 5.41) is 11.1. The molecule has 1 aliphatic rings. The van der Waals surface area contributed by atoms with Crippen LogP contribution in [0.1, 0.15) is 18.4 Å². The van der Waals surface area contributed by atoms with Gasteiger partial charge in [-0.05, 0) is 18.4 Å². The number of amidine groups is 1. The van der Waals surface area contributed by atoms with E-state index < -0.39 is 4.92 Å². The number of non-ortho nitro benzene ring substituents is 1. The SMILES string of the molecule is NC(=NC[C@H]1CCCO1)SCc1ccc([N+](=O)[O-])cc1. The molecule has 2 N–H and O–H groups in total. The quantitative estimate of drug-likeness (QED) is 0.389. The summed E-state index contributed by atoms with van der Waals surface area (Å²) >= 11 is 1.43. The number of rotatable bonds is 5. The van der Waals surface area contributed by atoms with E-state index in [9.17, 15) is 10.1 Å². The third-order valence-electron chi connectivity index (χ3n) is 3.01. The normalized spacial score (nSPS) is 19.2. The highest BCUT2D eigenvalue weighted by atomic mass is 32.2. The Morgan fingerprint density at radius 3 is 2.85 bits per heavy atom. The van der Waals surface area contributed by atoms with Gasteiger partial charge in [0.15, 0.2) is 5.17 Å². The molecule has 108 valence electrons. The molecular formula is C13H17N3O3S. The van der Waals surface area contributed by atoms with Gasteiger partial charge in [0.1, 0.15) is 0 Å². The Labute approximate surface area is 121 Å². The van der Waals surface area contributed by atoms with Gasteiger partial charge in [-0.25, -0.2) is 0 Å². The van der Waals surface area contributed by atoms with Crippen LogP contribution in [0, 0.1) is 10.1 Å². The highest BCUT2D eigenvalue weighted by Gasteiger charge is 2.14. The zero-order valence-electron chi connectivity index (χ0n) is 11.0. The molecule has 1 aromatic rings. The zero-order valence-corrected chi connectivity index (χ0v) is 11.8. The van der Waals surface area contributed by atoms with Crippen LogP contribution in [-0.4, -0.2) is 29.3 Å². The molecule has 1 atom stereocenters. The minimum absolute atomic E-state index is 0.0961. The van der Waals surface area contributed by atoms with Crippen molar-refractivity contribution in [2.45, 2.75) is 24.7 Å². The van der Waals surface area contributed by atoms with Crippen molar-refractivity contribution in [3.63, 3.8) is 0 Å². The highest BCUT2D eigenvalue weighted by Crippen LogP contribution is 2.17. The van der Waals surface area contributed by atoms with Crippen LogP contribution in [0.3, 0.4) is 0 Å². The second-order valence-electron chi connectivity index (χ2n) is 4.53. The molecule has 0 radical (unpaired) electrons. The number of aliphatic imine (C=N–C) groups is 1. The van der Waals surface area contributed by atoms with Crippen molar-refractivity contribution in [3.05, 3.63) is 39.9 Å². The molecule has 20 heavy (non-hydrogen) atoms. The van der Waals surface area contributed by atoms with Gasteiger partial charge in [0, 0.05) is 24.5 Å². The molecule has 0 bridgehead atoms. The number of ether oxygens (including phenoxy) is 1. The van der Waals surface area contributed by atoms with Gasteiger partial charge >= 0.3 is 0 Å². The number of nitrogens with zero attached hydrogens (tertiary/aromatic N) is 2. The van der Waals surface area contributed by atoms with E-state index in [1.165, 1.54) is 23.9 Å². The Hall–Kier alpha value is -1.60. The summed E-state index contributed by atoms with van der Waals surface area (Å²) in [6.45, 7) is 1.43. The fourth-order valence-electron chi connectivity index (χ4n) is 1.90. The molecule has 7 heteroatoms. The van der Waals surface area contributed by atoms with Crippen molar-refractivity contribution in [3.8, 4) is 0 Å². The standard InChI is InChI=1S/C13H17N3O3S/c14-13(15-8-12-2-1-7-19-12)20-9-10-3-5-11(6-4-10)16(17)18/h3-6,12H,1-2,7-9H2,(H2,14,15)/t12-/m1/s1. The number of benzene rings is 1. The van der Waals surface area contributed by atoms with Crippen LogP contribution < -0.4 is 5.73 Å². The maximum atomic E-state index is 10.5. The molecule has 1 aromatic carbocycles. The Morgan fingerprint density at radius 1 is 1.50 bits per heavy atom. The number of nitrogens with two attached hydrogens (primary N) is 1. The molecule has 0 unspecified atom stereocenters. The van der Waals surface area contributed by atoms with E-state index in [-0.39, 0.29) is 11.8 Å². The molecule has 1 saturated heterocycles. The van der Waals surface area contributed by atoms with Crippen LogP contribution in [0.5, 0.6) is 0 Å². The summed E-state index contributed by atoms with van der Waals surface area (Å²) in [6, 6.07) is 6.46. The monoisotopic (exact) mass is 295 g/mol. The number of nitro benzene ring substituents is 1. The molecule has 1 aliphatic heterocycles. The number of hydrogen-bond acceptors (Lipinski definition) is 5. The number of nitro groups is 1. The van der Waals surface area contributed by atoms with Crippen molar-refractivity contribution in [1.82, 2.24) is 0 Å². The molecule has 0 saturated carbocycles. The first kappa shape index (κ1) is 14.8. The highest BCUT2D eigenvalue weighted by molar-refractivity contribution is 8.13. The molecule has 6 nitrogen and oxygen atoms in total. The average Bonchev–Trinajstić information content (AvgIpc) is 2.96. The number of hydrogen-bond donors (Lipinski definition) is 1. The summed E-state index contributed by atoms with van der Waals surface area (Å²) in [5.41, 5.74) is 6.91. The summed E-state index contributed by atoms with van der Waals surface area (Å²) in [6.07, 6.45) is 2.34. The van der Waals surface area contributed by atoms with Crippen LogP contribution in [0.4, 0.5) is 5.69 Å². The van der Waals surface area contributed by atoms with Gasteiger partial charge in [-0.3, -0.25) is 15.1 Å². The summed E-state index contributed by atoms with van der Waals surface area (Å²) < 4.78 is 5.47. The van der Waals surface area contributed by atoms with Crippen molar-refractivity contribution in [2.24, 2.45) is 10.7 Å². The maximum Gasteiger partial charge on any atom is 0.269 e. The first-order valence-corrected chi connectivity index (χ1v) is 7.41. The predicted molar refractivity (Wildman–Crippen MR) is 79.9 cm³/mol. The van der Waals surface area contributed by atoms with Gasteiger partial charge in [0.05, 0.1) is 17.6 Å². The van der Waals surface area contributed by atoms with Crippen LogP contribution in [-0.2, 0) is 10.5 Å². The molecule has 1 heterocycles. The van der Waals surface area contributed by atoms with Crippen LogP contribution in [0.15, 0.2) is 29.3 Å². The van der Waals surface area contributed by atoms with Crippen LogP contribution in [0.25, 0.3) is 0 Å². The lowest BCUT2D eigenvalue weighted by Gasteiger charge is -2.06. The lowest BCUT2D eigenvalue weighted by Crippen LogP contribution is -2.14. The van der Waals surface area contributed by atoms with E-state index in [1.54, 1.807) is 12.1 Å². The van der Waals surface area contributed by atoms with Crippen LogP contribution in [0.2, 0.25) is 0 Å².